The molecule has 2 N–H and O–H groups in total. The number of aromatic nitrogens is 1. The molecule has 1 aromatic heterocycles. The third kappa shape index (κ3) is 6.68. The van der Waals surface area contributed by atoms with Crippen molar-refractivity contribution in [3.63, 3.8) is 0 Å². The van der Waals surface area contributed by atoms with Crippen LogP contribution in [0, 0.1) is 5.82 Å². The van der Waals surface area contributed by atoms with Crippen LogP contribution in [0.2, 0.25) is 0 Å². The molecule has 1 saturated heterocycles. The minimum Gasteiger partial charge on any atom is -0.446 e. The first-order valence-electron chi connectivity index (χ1n) is 13.9. The average Bonchev–Trinajstić information content (AvgIpc) is 2.94. The number of nitrogens with zero attached hydrogens (tertiary/aromatic N) is 3. The zero-order chi connectivity index (χ0) is 31.1. The van der Waals surface area contributed by atoms with Gasteiger partial charge in [-0.3, -0.25) is 9.59 Å². The smallest absolute Gasteiger partial charge is 0.410 e. The summed E-state index contributed by atoms with van der Waals surface area (Å²) in [6, 6.07) is 3.41. The number of hydrogen-bond donors (Lipinski definition) is 2. The van der Waals surface area contributed by atoms with Crippen LogP contribution in [0.1, 0.15) is 54.1 Å². The van der Waals surface area contributed by atoms with Gasteiger partial charge in [-0.2, -0.15) is 0 Å². The van der Waals surface area contributed by atoms with Crippen molar-refractivity contribution in [2.75, 3.05) is 50.0 Å². The SMILES string of the molecule is C[C@H]1CN(c2cc(F)c(C3=CCCN(C(=O)OC4CC(F)(F)C4)C3)cc2NC(=O)c2c[nH]c(=O)cc2C(F)F)CCN1C. The van der Waals surface area contributed by atoms with Crippen LogP contribution in [0.25, 0.3) is 5.57 Å². The molecule has 0 radical (unpaired) electrons. The average molecular weight is 610 g/mol. The summed E-state index contributed by atoms with van der Waals surface area (Å²) in [5.74, 6) is -4.40. The third-order valence-electron chi connectivity index (χ3n) is 8.15. The van der Waals surface area contributed by atoms with Crippen molar-refractivity contribution in [2.24, 2.45) is 0 Å². The molecule has 0 unspecified atom stereocenters. The highest BCUT2D eigenvalue weighted by Crippen LogP contribution is 2.40. The number of aromatic amines is 1. The number of hydrogen-bond acceptors (Lipinski definition) is 6. The molecular weight excluding hydrogens is 577 g/mol. The molecule has 2 aliphatic heterocycles. The summed E-state index contributed by atoms with van der Waals surface area (Å²) in [6.07, 6.45) is -2.84. The lowest BCUT2D eigenvalue weighted by molar-refractivity contribution is -0.147. The number of H-pyrrole nitrogens is 1. The van der Waals surface area contributed by atoms with Crippen molar-refractivity contribution >= 4 is 28.9 Å². The number of benzene rings is 1. The van der Waals surface area contributed by atoms with E-state index in [0.29, 0.717) is 43.4 Å². The van der Waals surface area contributed by atoms with Crippen LogP contribution in [-0.4, -0.2) is 84.6 Å². The maximum absolute atomic E-state index is 15.8. The zero-order valence-corrected chi connectivity index (χ0v) is 23.6. The van der Waals surface area contributed by atoms with E-state index in [2.05, 4.69) is 15.2 Å². The van der Waals surface area contributed by atoms with E-state index in [4.69, 9.17) is 4.74 Å². The van der Waals surface area contributed by atoms with Gasteiger partial charge in [0.1, 0.15) is 11.9 Å². The van der Waals surface area contributed by atoms with Gasteiger partial charge in [-0.05, 0) is 38.1 Å². The van der Waals surface area contributed by atoms with E-state index in [0.717, 1.165) is 6.20 Å². The Hall–Kier alpha value is -3.94. The van der Waals surface area contributed by atoms with Crippen molar-refractivity contribution in [2.45, 2.75) is 50.7 Å². The second-order valence-corrected chi connectivity index (χ2v) is 11.3. The number of ether oxygens (including phenoxy) is 1. The van der Waals surface area contributed by atoms with Crippen LogP contribution in [0.5, 0.6) is 0 Å². The van der Waals surface area contributed by atoms with Gasteiger partial charge in [0, 0.05) is 75.0 Å². The molecule has 1 aliphatic carbocycles. The fourth-order valence-corrected chi connectivity index (χ4v) is 5.49. The Bertz CT molecular complexity index is 1490. The molecule has 3 heterocycles. The van der Waals surface area contributed by atoms with Crippen molar-refractivity contribution < 1.29 is 36.3 Å². The molecule has 14 heteroatoms. The quantitative estimate of drug-likeness (QED) is 0.454. The minimum absolute atomic E-state index is 0.0629. The van der Waals surface area contributed by atoms with Gasteiger partial charge < -0.3 is 29.7 Å². The standard InChI is InChI=1S/C29H32F5N5O4/c1-16-14-38(7-6-37(16)2)24-10-22(30)19(8-23(24)36-27(41)21-13-35-25(40)9-20(21)26(31)32)17-4-3-5-39(15-17)28(42)43-18-11-29(33,34)12-18/h4,8-10,13,16,18,26H,3,5-7,11-12,14-15H2,1-2H3,(H,35,40)(H,36,41)/t16-/m0/s1. The van der Waals surface area contributed by atoms with E-state index in [1.165, 1.54) is 17.0 Å². The van der Waals surface area contributed by atoms with Gasteiger partial charge >= 0.3 is 6.09 Å². The Morgan fingerprint density at radius 2 is 1.88 bits per heavy atom. The number of carbonyl (C=O) groups excluding carboxylic acids is 2. The first-order valence-corrected chi connectivity index (χ1v) is 13.9. The maximum atomic E-state index is 15.8. The minimum atomic E-state index is -3.09. The fourth-order valence-electron chi connectivity index (χ4n) is 5.49. The van der Waals surface area contributed by atoms with Crippen molar-refractivity contribution in [3.05, 3.63) is 63.3 Å². The number of nitrogens with one attached hydrogen (secondary N) is 2. The zero-order valence-electron chi connectivity index (χ0n) is 23.6. The number of likely N-dealkylation sites (N-methyl/N-ethyl adjacent to an activating group) is 1. The van der Waals surface area contributed by atoms with E-state index in [1.54, 1.807) is 6.08 Å². The first kappa shape index (κ1) is 30.5. The number of anilines is 2. The molecule has 1 aromatic carbocycles. The second-order valence-electron chi connectivity index (χ2n) is 11.3. The van der Waals surface area contributed by atoms with Gasteiger partial charge in [0.2, 0.25) is 5.56 Å². The topological polar surface area (TPSA) is 98.0 Å². The number of pyridine rings is 1. The molecule has 2 amide bonds. The Morgan fingerprint density at radius 3 is 2.56 bits per heavy atom. The number of alkyl halides is 4. The maximum Gasteiger partial charge on any atom is 0.410 e. The molecule has 0 spiro atoms. The molecule has 0 bridgehead atoms. The molecule has 1 atom stereocenters. The molecule has 9 nitrogen and oxygen atoms in total. The predicted molar refractivity (Wildman–Crippen MR) is 149 cm³/mol. The fraction of sp³-hybridized carbons (Fsp3) is 0.483. The van der Waals surface area contributed by atoms with Gasteiger partial charge in [0.25, 0.3) is 18.3 Å². The lowest BCUT2D eigenvalue weighted by Gasteiger charge is -2.40. The van der Waals surface area contributed by atoms with Crippen LogP contribution in [0.15, 0.2) is 35.3 Å². The summed E-state index contributed by atoms with van der Waals surface area (Å²) >= 11 is 0. The van der Waals surface area contributed by atoms with E-state index in [1.807, 2.05) is 18.9 Å². The normalized spacial score (nSPS) is 20.9. The summed E-state index contributed by atoms with van der Waals surface area (Å²) in [5.41, 5.74) is -0.994. The molecule has 232 valence electrons. The van der Waals surface area contributed by atoms with Crippen LogP contribution in [-0.2, 0) is 4.74 Å². The first-order chi connectivity index (χ1) is 20.3. The summed E-state index contributed by atoms with van der Waals surface area (Å²) < 4.78 is 74.7. The second kappa shape index (κ2) is 12.0. The summed E-state index contributed by atoms with van der Waals surface area (Å²) in [5, 5.41) is 2.63. The molecule has 3 aliphatic rings. The van der Waals surface area contributed by atoms with Crippen molar-refractivity contribution in [1.82, 2.24) is 14.8 Å². The van der Waals surface area contributed by atoms with Gasteiger partial charge in [-0.15, -0.1) is 0 Å². The largest absolute Gasteiger partial charge is 0.446 e. The van der Waals surface area contributed by atoms with E-state index >= 15 is 4.39 Å². The van der Waals surface area contributed by atoms with Crippen LogP contribution >= 0.6 is 0 Å². The number of rotatable bonds is 6. The molecule has 43 heavy (non-hydrogen) atoms. The van der Waals surface area contributed by atoms with Crippen LogP contribution in [0.4, 0.5) is 38.1 Å². The Labute approximate surface area is 244 Å². The van der Waals surface area contributed by atoms with Gasteiger partial charge in [-0.1, -0.05) is 6.08 Å². The summed E-state index contributed by atoms with van der Waals surface area (Å²) in [7, 11) is 1.96. The number of carbonyl (C=O) groups is 2. The van der Waals surface area contributed by atoms with E-state index in [-0.39, 0.29) is 30.4 Å². The van der Waals surface area contributed by atoms with E-state index < -0.39 is 65.8 Å². The molecule has 1 saturated carbocycles. The highest BCUT2D eigenvalue weighted by Gasteiger charge is 2.48. The Kier molecular flexibility index (Phi) is 8.50. The third-order valence-corrected chi connectivity index (χ3v) is 8.15. The van der Waals surface area contributed by atoms with Gasteiger partial charge in [0.15, 0.2) is 0 Å². The van der Waals surface area contributed by atoms with Crippen LogP contribution < -0.4 is 15.8 Å². The summed E-state index contributed by atoms with van der Waals surface area (Å²) in [6.45, 7) is 3.84. The number of piperazine rings is 1. The number of amides is 2. The molecule has 2 aromatic rings. The monoisotopic (exact) mass is 609 g/mol. The van der Waals surface area contributed by atoms with Gasteiger partial charge in [-0.25, -0.2) is 26.7 Å². The van der Waals surface area contributed by atoms with Gasteiger partial charge in [0.05, 0.1) is 16.9 Å². The lowest BCUT2D eigenvalue weighted by Crippen LogP contribution is -2.50. The highest BCUT2D eigenvalue weighted by molar-refractivity contribution is 6.07. The molecular formula is C29H32F5N5O4. The Balaban J connectivity index is 1.44. The van der Waals surface area contributed by atoms with Crippen LogP contribution in [0.3, 0.4) is 0 Å². The highest BCUT2D eigenvalue weighted by atomic mass is 19.3. The van der Waals surface area contributed by atoms with Crippen molar-refractivity contribution in [1.29, 1.82) is 0 Å². The van der Waals surface area contributed by atoms with Crippen molar-refractivity contribution in [3.8, 4) is 0 Å². The molecule has 2 fully saturated rings. The molecule has 5 rings (SSSR count). The Morgan fingerprint density at radius 1 is 1.14 bits per heavy atom. The number of halogens is 5. The lowest BCUT2D eigenvalue weighted by atomic mass is 9.91. The predicted octanol–water partition coefficient (Wildman–Crippen LogP) is 4.87. The summed E-state index contributed by atoms with van der Waals surface area (Å²) in [4.78, 5) is 45.1. The van der Waals surface area contributed by atoms with E-state index in [9.17, 15) is 31.9 Å².